The Hall–Kier alpha value is -6.38. The molecule has 0 amide bonds. The second-order valence-electron chi connectivity index (χ2n) is 14.1. The molecule has 9 aromatic rings. The summed E-state index contributed by atoms with van der Waals surface area (Å²) < 4.78 is 6.76. The minimum atomic E-state index is -0.117. The Morgan fingerprint density at radius 2 is 1.06 bits per heavy atom. The largest absolute Gasteiger partial charge is 0.455 e. The number of anilines is 3. The number of hydrogen-bond donors (Lipinski definition) is 0. The Kier molecular flexibility index (Phi) is 6.56. The summed E-state index contributed by atoms with van der Waals surface area (Å²) in [7, 11) is 0. The van der Waals surface area contributed by atoms with Gasteiger partial charge in [0.05, 0.1) is 5.69 Å². The van der Waals surface area contributed by atoms with Gasteiger partial charge in [-0.2, -0.15) is 0 Å². The third kappa shape index (κ3) is 4.64. The van der Waals surface area contributed by atoms with Gasteiger partial charge in [0, 0.05) is 38.7 Å². The molecule has 0 N–H and O–H groups in total. The Morgan fingerprint density at radius 1 is 0.431 bits per heavy atom. The van der Waals surface area contributed by atoms with Crippen LogP contribution in [0.15, 0.2) is 180 Å². The molecule has 0 fully saturated rings. The highest BCUT2D eigenvalue weighted by atomic mass is 16.3. The SMILES string of the molecule is CC1(C)c2ccccc2-c2ccc(N(c3ccc(-c4ccccc4)cc3)c3ccccc3-c3cccc4c3oc3cc5ccccc5cc34)cc21. The molecule has 0 radical (unpaired) electrons. The number of nitrogens with zero attached hydrogens (tertiary/aromatic N) is 1. The lowest BCUT2D eigenvalue weighted by molar-refractivity contribution is 0.660. The van der Waals surface area contributed by atoms with E-state index in [0.717, 1.165) is 50.1 Å². The number of benzene rings is 8. The molecule has 8 aromatic carbocycles. The fraction of sp³-hybridized carbons (Fsp3) is 0.0612. The van der Waals surface area contributed by atoms with Crippen LogP contribution in [0.25, 0.3) is 66.1 Å². The molecule has 1 aliphatic carbocycles. The first-order valence-electron chi connectivity index (χ1n) is 17.7. The molecule has 242 valence electrons. The molecule has 1 heterocycles. The number of furan rings is 1. The van der Waals surface area contributed by atoms with E-state index in [-0.39, 0.29) is 5.41 Å². The van der Waals surface area contributed by atoms with Crippen molar-refractivity contribution in [1.29, 1.82) is 0 Å². The predicted octanol–water partition coefficient (Wildman–Crippen LogP) is 13.8. The zero-order valence-electron chi connectivity index (χ0n) is 28.6. The van der Waals surface area contributed by atoms with Crippen LogP contribution in [0.5, 0.6) is 0 Å². The highest BCUT2D eigenvalue weighted by Gasteiger charge is 2.36. The molecule has 0 unspecified atom stereocenters. The maximum Gasteiger partial charge on any atom is 0.143 e. The first-order valence-corrected chi connectivity index (χ1v) is 17.7. The van der Waals surface area contributed by atoms with E-state index in [1.807, 2.05) is 0 Å². The molecule has 0 atom stereocenters. The van der Waals surface area contributed by atoms with Crippen molar-refractivity contribution in [1.82, 2.24) is 0 Å². The van der Waals surface area contributed by atoms with Gasteiger partial charge in [0.1, 0.15) is 11.2 Å². The van der Waals surface area contributed by atoms with Gasteiger partial charge in [-0.05, 0) is 86.6 Å². The van der Waals surface area contributed by atoms with Crippen molar-refractivity contribution in [3.05, 3.63) is 187 Å². The lowest BCUT2D eigenvalue weighted by atomic mass is 9.82. The zero-order valence-corrected chi connectivity index (χ0v) is 28.6. The molecule has 0 saturated carbocycles. The topological polar surface area (TPSA) is 16.4 Å². The highest BCUT2D eigenvalue weighted by Crippen LogP contribution is 2.51. The summed E-state index contributed by atoms with van der Waals surface area (Å²) in [5.41, 5.74) is 14.9. The van der Waals surface area contributed by atoms with Crippen LogP contribution in [0, 0.1) is 0 Å². The van der Waals surface area contributed by atoms with Gasteiger partial charge in [-0.1, -0.05) is 147 Å². The Labute approximate surface area is 297 Å². The first-order chi connectivity index (χ1) is 25.0. The van der Waals surface area contributed by atoms with Gasteiger partial charge in [-0.3, -0.25) is 0 Å². The summed E-state index contributed by atoms with van der Waals surface area (Å²) in [5, 5.41) is 4.65. The number of fused-ring (bicyclic) bond motifs is 7. The molecule has 0 spiro atoms. The summed E-state index contributed by atoms with van der Waals surface area (Å²) in [5.74, 6) is 0. The lowest BCUT2D eigenvalue weighted by Gasteiger charge is -2.30. The van der Waals surface area contributed by atoms with Crippen molar-refractivity contribution in [3.8, 4) is 33.4 Å². The van der Waals surface area contributed by atoms with Crippen LogP contribution in [0.2, 0.25) is 0 Å². The predicted molar refractivity (Wildman–Crippen MR) is 214 cm³/mol. The van der Waals surface area contributed by atoms with Crippen LogP contribution < -0.4 is 4.90 Å². The molecule has 0 bridgehead atoms. The second kappa shape index (κ2) is 11.3. The molecule has 0 aliphatic heterocycles. The molecule has 51 heavy (non-hydrogen) atoms. The van der Waals surface area contributed by atoms with Crippen LogP contribution in [0.4, 0.5) is 17.1 Å². The molecule has 2 nitrogen and oxygen atoms in total. The molecule has 0 saturated heterocycles. The van der Waals surface area contributed by atoms with E-state index >= 15 is 0 Å². The van der Waals surface area contributed by atoms with Crippen molar-refractivity contribution >= 4 is 49.8 Å². The van der Waals surface area contributed by atoms with Crippen LogP contribution in [-0.4, -0.2) is 0 Å². The summed E-state index contributed by atoms with van der Waals surface area (Å²) >= 11 is 0. The fourth-order valence-corrected chi connectivity index (χ4v) is 8.28. The van der Waals surface area contributed by atoms with Gasteiger partial charge in [-0.25, -0.2) is 0 Å². The normalized spacial score (nSPS) is 13.1. The van der Waals surface area contributed by atoms with E-state index in [1.165, 1.54) is 44.2 Å². The van der Waals surface area contributed by atoms with Gasteiger partial charge in [0.15, 0.2) is 0 Å². The van der Waals surface area contributed by atoms with E-state index in [0.29, 0.717) is 0 Å². The number of para-hydroxylation sites is 2. The Morgan fingerprint density at radius 3 is 1.88 bits per heavy atom. The van der Waals surface area contributed by atoms with E-state index in [9.17, 15) is 0 Å². The van der Waals surface area contributed by atoms with Crippen molar-refractivity contribution in [3.63, 3.8) is 0 Å². The van der Waals surface area contributed by atoms with Crippen LogP contribution in [-0.2, 0) is 5.41 Å². The third-order valence-electron chi connectivity index (χ3n) is 10.9. The molecular formula is C49H35NO. The maximum atomic E-state index is 6.76. The number of hydrogen-bond acceptors (Lipinski definition) is 2. The van der Waals surface area contributed by atoms with E-state index < -0.39 is 0 Å². The van der Waals surface area contributed by atoms with E-state index in [2.05, 4.69) is 195 Å². The highest BCUT2D eigenvalue weighted by molar-refractivity contribution is 6.14. The standard InChI is InChI=1S/C49H35NO/c1-49(2)44-21-10-8-17-38(44)39-28-27-37(31-45(39)49)50(36-25-23-33(24-26-36)32-13-4-3-5-14-32)46-22-11-9-18-40(46)41-19-12-20-42-43-29-34-15-6-7-16-35(34)30-47(43)51-48(41)42/h3-31H,1-2H3. The molecule has 1 aromatic heterocycles. The monoisotopic (exact) mass is 653 g/mol. The minimum Gasteiger partial charge on any atom is -0.455 e. The summed E-state index contributed by atoms with van der Waals surface area (Å²) in [6, 6.07) is 63.6. The first kappa shape index (κ1) is 29.5. The zero-order chi connectivity index (χ0) is 34.1. The van der Waals surface area contributed by atoms with Crippen molar-refractivity contribution in [2.45, 2.75) is 19.3 Å². The van der Waals surface area contributed by atoms with Gasteiger partial charge in [0.2, 0.25) is 0 Å². The summed E-state index contributed by atoms with van der Waals surface area (Å²) in [6.45, 7) is 4.69. The Balaban J connectivity index is 1.18. The smallest absolute Gasteiger partial charge is 0.143 e. The quantitative estimate of drug-likeness (QED) is 0.184. The lowest BCUT2D eigenvalue weighted by Crippen LogP contribution is -2.16. The molecule has 1 aliphatic rings. The van der Waals surface area contributed by atoms with Crippen molar-refractivity contribution in [2.75, 3.05) is 4.90 Å². The molecular weight excluding hydrogens is 619 g/mol. The third-order valence-corrected chi connectivity index (χ3v) is 10.9. The van der Waals surface area contributed by atoms with Crippen LogP contribution in [0.3, 0.4) is 0 Å². The average molecular weight is 654 g/mol. The minimum absolute atomic E-state index is 0.117. The van der Waals surface area contributed by atoms with Gasteiger partial charge < -0.3 is 9.32 Å². The Bertz CT molecular complexity index is 2770. The summed E-state index contributed by atoms with van der Waals surface area (Å²) in [6.07, 6.45) is 0. The number of rotatable bonds is 5. The summed E-state index contributed by atoms with van der Waals surface area (Å²) in [4.78, 5) is 2.42. The average Bonchev–Trinajstić information content (AvgIpc) is 3.66. The second-order valence-corrected chi connectivity index (χ2v) is 14.1. The van der Waals surface area contributed by atoms with E-state index in [4.69, 9.17) is 4.42 Å². The van der Waals surface area contributed by atoms with Gasteiger partial charge in [0.25, 0.3) is 0 Å². The molecule has 2 heteroatoms. The fourth-order valence-electron chi connectivity index (χ4n) is 8.28. The van der Waals surface area contributed by atoms with E-state index in [1.54, 1.807) is 0 Å². The van der Waals surface area contributed by atoms with Gasteiger partial charge >= 0.3 is 0 Å². The van der Waals surface area contributed by atoms with Crippen molar-refractivity contribution in [2.24, 2.45) is 0 Å². The van der Waals surface area contributed by atoms with Crippen LogP contribution >= 0.6 is 0 Å². The molecule has 10 rings (SSSR count). The van der Waals surface area contributed by atoms with Crippen LogP contribution in [0.1, 0.15) is 25.0 Å². The van der Waals surface area contributed by atoms with Gasteiger partial charge in [-0.15, -0.1) is 0 Å². The maximum absolute atomic E-state index is 6.76. The van der Waals surface area contributed by atoms with Crippen molar-refractivity contribution < 1.29 is 4.42 Å².